The third-order valence-corrected chi connectivity index (χ3v) is 10.4. The zero-order valence-corrected chi connectivity index (χ0v) is 31.6. The van der Waals surface area contributed by atoms with Gasteiger partial charge >= 0.3 is 0 Å². The van der Waals surface area contributed by atoms with Crippen LogP contribution >= 0.6 is 0 Å². The van der Waals surface area contributed by atoms with Crippen molar-refractivity contribution in [3.8, 4) is 17.3 Å². The monoisotopic (exact) mass is 684 g/mol. The summed E-state index contributed by atoms with van der Waals surface area (Å²) in [4.78, 5) is 9.67. The molecule has 0 atom stereocenters. The molecule has 0 radical (unpaired) electrons. The van der Waals surface area contributed by atoms with Gasteiger partial charge in [0.15, 0.2) is 0 Å². The summed E-state index contributed by atoms with van der Waals surface area (Å²) in [5.41, 5.74) is 10.8. The fourth-order valence-corrected chi connectivity index (χ4v) is 7.34. The van der Waals surface area contributed by atoms with E-state index in [0.29, 0.717) is 12.6 Å². The van der Waals surface area contributed by atoms with Crippen molar-refractivity contribution in [3.05, 3.63) is 144 Å². The molecule has 0 amide bonds. The molecule has 5 aromatic carbocycles. The summed E-state index contributed by atoms with van der Waals surface area (Å²) in [5, 5.41) is 2.41. The lowest BCUT2D eigenvalue weighted by Crippen LogP contribution is -2.24. The Labute approximate surface area is 308 Å². The SMILES string of the molecule is CC(C)c1ccc2c(c1)c1ccc(Oc3cccc(N4CN(c5cccc(C(C)(C)C)c5)c5ccccc54)c3)cc1n2-c1cc(C(C)(C)C)ccn1. The van der Waals surface area contributed by atoms with E-state index < -0.39 is 0 Å². The minimum absolute atomic E-state index is 0.00387. The molecule has 0 aliphatic carbocycles. The van der Waals surface area contributed by atoms with Crippen molar-refractivity contribution in [2.75, 3.05) is 16.5 Å². The van der Waals surface area contributed by atoms with E-state index in [9.17, 15) is 0 Å². The zero-order valence-electron chi connectivity index (χ0n) is 31.6. The van der Waals surface area contributed by atoms with Gasteiger partial charge in [-0.2, -0.15) is 0 Å². The first-order valence-corrected chi connectivity index (χ1v) is 18.4. The number of hydrogen-bond acceptors (Lipinski definition) is 4. The van der Waals surface area contributed by atoms with E-state index in [1.54, 1.807) is 0 Å². The highest BCUT2D eigenvalue weighted by Gasteiger charge is 2.29. The minimum Gasteiger partial charge on any atom is -0.457 e. The fourth-order valence-electron chi connectivity index (χ4n) is 7.34. The van der Waals surface area contributed by atoms with E-state index in [2.05, 4.69) is 185 Å². The molecule has 0 fully saturated rings. The van der Waals surface area contributed by atoms with Crippen LogP contribution in [0.5, 0.6) is 11.5 Å². The number of benzene rings is 5. The van der Waals surface area contributed by atoms with Gasteiger partial charge in [-0.1, -0.05) is 91.8 Å². The first-order valence-electron chi connectivity index (χ1n) is 18.4. The van der Waals surface area contributed by atoms with Crippen LogP contribution in [0.3, 0.4) is 0 Å². The lowest BCUT2D eigenvalue weighted by molar-refractivity contribution is 0.483. The third-order valence-electron chi connectivity index (χ3n) is 10.4. The summed E-state index contributed by atoms with van der Waals surface area (Å²) in [6.07, 6.45) is 1.93. The minimum atomic E-state index is 0.00387. The molecule has 1 aliphatic rings. The predicted molar refractivity (Wildman–Crippen MR) is 219 cm³/mol. The van der Waals surface area contributed by atoms with Gasteiger partial charge in [0, 0.05) is 40.5 Å². The molecule has 52 heavy (non-hydrogen) atoms. The summed E-state index contributed by atoms with van der Waals surface area (Å²) < 4.78 is 8.98. The van der Waals surface area contributed by atoms with Gasteiger partial charge in [-0.25, -0.2) is 4.98 Å². The van der Waals surface area contributed by atoms with Crippen molar-refractivity contribution in [3.63, 3.8) is 0 Å². The first kappa shape index (κ1) is 33.6. The summed E-state index contributed by atoms with van der Waals surface area (Å²) in [5.74, 6) is 2.92. The van der Waals surface area contributed by atoms with Gasteiger partial charge in [0.05, 0.1) is 22.4 Å². The van der Waals surface area contributed by atoms with Crippen LogP contribution in [0.4, 0.5) is 22.7 Å². The first-order chi connectivity index (χ1) is 24.8. The van der Waals surface area contributed by atoms with Gasteiger partial charge in [0.2, 0.25) is 0 Å². The lowest BCUT2D eigenvalue weighted by Gasteiger charge is -2.25. The predicted octanol–water partition coefficient (Wildman–Crippen LogP) is 12.9. The summed E-state index contributed by atoms with van der Waals surface area (Å²) in [7, 11) is 0. The molecule has 0 saturated carbocycles. The van der Waals surface area contributed by atoms with Gasteiger partial charge < -0.3 is 14.5 Å². The Kier molecular flexibility index (Phi) is 8.13. The molecule has 0 spiro atoms. The maximum atomic E-state index is 6.69. The molecule has 5 nitrogen and oxygen atoms in total. The van der Waals surface area contributed by atoms with E-state index in [-0.39, 0.29) is 10.8 Å². The van der Waals surface area contributed by atoms with Crippen LogP contribution in [0.1, 0.15) is 78.0 Å². The highest BCUT2D eigenvalue weighted by molar-refractivity contribution is 6.09. The largest absolute Gasteiger partial charge is 0.457 e. The number of hydrogen-bond donors (Lipinski definition) is 0. The smallest absolute Gasteiger partial charge is 0.137 e. The lowest BCUT2D eigenvalue weighted by atomic mass is 9.87. The molecular weight excluding hydrogens is 637 g/mol. The van der Waals surface area contributed by atoms with Crippen molar-refractivity contribution >= 4 is 44.6 Å². The Morgan fingerprint density at radius 3 is 1.92 bits per heavy atom. The van der Waals surface area contributed by atoms with E-state index in [0.717, 1.165) is 34.0 Å². The average Bonchev–Trinajstić information content (AvgIpc) is 3.67. The van der Waals surface area contributed by atoms with E-state index in [1.807, 2.05) is 12.3 Å². The topological polar surface area (TPSA) is 33.5 Å². The van der Waals surface area contributed by atoms with Crippen molar-refractivity contribution < 1.29 is 4.74 Å². The van der Waals surface area contributed by atoms with E-state index >= 15 is 0 Å². The Bertz CT molecular complexity index is 2440. The second-order valence-corrected chi connectivity index (χ2v) is 16.5. The standard InChI is InChI=1S/C47H48N4O/c1-31(2)32-19-22-41-40(25-32)39-21-20-38(29-44(39)51(41)45-27-34(23-24-48-45)47(6,7)8)52-37-16-12-15-36(28-37)50-30-49(42-17-9-10-18-43(42)50)35-14-11-13-33(26-35)46(3,4)5/h9-29,31H,30H2,1-8H3. The molecule has 0 N–H and O–H groups in total. The van der Waals surface area contributed by atoms with Crippen LogP contribution in [0, 0.1) is 0 Å². The van der Waals surface area contributed by atoms with Crippen molar-refractivity contribution in [1.82, 2.24) is 9.55 Å². The summed E-state index contributed by atoms with van der Waals surface area (Å²) in [6.45, 7) is 18.7. The number of rotatable bonds is 6. The normalized spacial score (nSPS) is 13.4. The number of anilines is 4. The molecule has 0 saturated heterocycles. The van der Waals surface area contributed by atoms with Gasteiger partial charge in [-0.3, -0.25) is 4.57 Å². The second kappa shape index (κ2) is 12.6. The number of nitrogens with zero attached hydrogens (tertiary/aromatic N) is 4. The fraction of sp³-hybridized carbons (Fsp3) is 0.255. The molecule has 0 unspecified atom stereocenters. The van der Waals surface area contributed by atoms with Crippen LogP contribution in [0.15, 0.2) is 128 Å². The van der Waals surface area contributed by atoms with Gasteiger partial charge in [-0.15, -0.1) is 0 Å². The Hall–Kier alpha value is -5.55. The highest BCUT2D eigenvalue weighted by atomic mass is 16.5. The summed E-state index contributed by atoms with van der Waals surface area (Å²) in [6, 6.07) is 43.7. The maximum Gasteiger partial charge on any atom is 0.137 e. The van der Waals surface area contributed by atoms with Gasteiger partial charge in [0.1, 0.15) is 24.0 Å². The number of para-hydroxylation sites is 2. The average molecular weight is 685 g/mol. The highest BCUT2D eigenvalue weighted by Crippen LogP contribution is 2.45. The van der Waals surface area contributed by atoms with Crippen LogP contribution in [0.2, 0.25) is 0 Å². The maximum absolute atomic E-state index is 6.69. The Balaban J connectivity index is 1.17. The molecule has 2 aromatic heterocycles. The molecule has 5 heteroatoms. The number of fused-ring (bicyclic) bond motifs is 4. The number of ether oxygens (including phenoxy) is 1. The van der Waals surface area contributed by atoms with Crippen LogP contribution < -0.4 is 14.5 Å². The molecule has 1 aliphatic heterocycles. The Morgan fingerprint density at radius 2 is 1.23 bits per heavy atom. The molecule has 262 valence electrons. The quantitative estimate of drug-likeness (QED) is 0.175. The van der Waals surface area contributed by atoms with Crippen LogP contribution in [0.25, 0.3) is 27.6 Å². The van der Waals surface area contributed by atoms with Gasteiger partial charge in [0.25, 0.3) is 0 Å². The van der Waals surface area contributed by atoms with Gasteiger partial charge in [-0.05, 0) is 106 Å². The van der Waals surface area contributed by atoms with E-state index in [1.165, 1.54) is 44.5 Å². The van der Waals surface area contributed by atoms with Crippen LogP contribution in [-0.2, 0) is 10.8 Å². The van der Waals surface area contributed by atoms with Crippen molar-refractivity contribution in [2.24, 2.45) is 0 Å². The zero-order chi connectivity index (χ0) is 36.4. The molecular formula is C47H48N4O. The van der Waals surface area contributed by atoms with Crippen molar-refractivity contribution in [1.29, 1.82) is 0 Å². The molecule has 8 rings (SSSR count). The molecule has 3 heterocycles. The number of aromatic nitrogens is 2. The van der Waals surface area contributed by atoms with Crippen LogP contribution in [-0.4, -0.2) is 16.2 Å². The number of pyridine rings is 1. The molecule has 7 aromatic rings. The second-order valence-electron chi connectivity index (χ2n) is 16.5. The summed E-state index contributed by atoms with van der Waals surface area (Å²) >= 11 is 0. The van der Waals surface area contributed by atoms with E-state index in [4.69, 9.17) is 9.72 Å². The third kappa shape index (κ3) is 6.08. The van der Waals surface area contributed by atoms with Crippen molar-refractivity contribution in [2.45, 2.75) is 72.1 Å². The Morgan fingerprint density at radius 1 is 0.577 bits per heavy atom. The molecule has 0 bridgehead atoms.